The van der Waals surface area contributed by atoms with Crippen LogP contribution in [0, 0.1) is 0 Å². The highest BCUT2D eigenvalue weighted by Crippen LogP contribution is 2.29. The fraction of sp³-hybridized carbons (Fsp3) is 0.429. The van der Waals surface area contributed by atoms with Crippen molar-refractivity contribution in [2.45, 2.75) is 24.2 Å². The van der Waals surface area contributed by atoms with Crippen LogP contribution < -0.4 is 10.2 Å². The van der Waals surface area contributed by atoms with Crippen LogP contribution >= 0.6 is 11.6 Å². The Kier molecular flexibility index (Phi) is 6.76. The third-order valence-electron chi connectivity index (χ3n) is 5.52. The molecule has 2 aromatic rings. The Balaban J connectivity index is 1.71. The number of anilines is 2. The van der Waals surface area contributed by atoms with Crippen LogP contribution in [0.25, 0.3) is 0 Å². The highest BCUT2D eigenvalue weighted by Gasteiger charge is 2.28. The zero-order valence-electron chi connectivity index (χ0n) is 17.1. The summed E-state index contributed by atoms with van der Waals surface area (Å²) in [6.45, 7) is 3.33. The number of aromatic nitrogens is 1. The van der Waals surface area contributed by atoms with E-state index in [2.05, 4.69) is 10.3 Å². The average molecular weight is 465 g/mol. The number of morpholine rings is 1. The highest BCUT2D eigenvalue weighted by atomic mass is 35.5. The molecule has 31 heavy (non-hydrogen) atoms. The SMILES string of the molecule is O=C(Nc1cccnc1Cl)c1cc(S(=O)(=O)N2CCCCC2)ccc1N1CCOCC1. The van der Waals surface area contributed by atoms with Gasteiger partial charge in [0, 0.05) is 38.1 Å². The molecule has 0 unspecified atom stereocenters. The third-order valence-corrected chi connectivity index (χ3v) is 7.72. The molecule has 0 radical (unpaired) electrons. The molecule has 166 valence electrons. The van der Waals surface area contributed by atoms with E-state index in [1.807, 2.05) is 4.90 Å². The van der Waals surface area contributed by atoms with Crippen LogP contribution in [0.15, 0.2) is 41.4 Å². The standard InChI is InChI=1S/C21H25ClN4O4S/c22-20-18(5-4-8-23-20)24-21(27)17-15-16(31(28,29)26-9-2-1-3-10-26)6-7-19(17)25-11-13-30-14-12-25/h4-8,15H,1-3,9-14H2,(H,24,27). The fourth-order valence-corrected chi connectivity index (χ4v) is 5.57. The number of carbonyl (C=O) groups excluding carboxylic acids is 1. The Morgan fingerprint density at radius 2 is 1.81 bits per heavy atom. The third kappa shape index (κ3) is 4.85. The number of benzene rings is 1. The van der Waals surface area contributed by atoms with Crippen molar-refractivity contribution in [3.63, 3.8) is 0 Å². The molecular weight excluding hydrogens is 440 g/mol. The van der Waals surface area contributed by atoms with Gasteiger partial charge in [-0.05, 0) is 43.2 Å². The summed E-state index contributed by atoms with van der Waals surface area (Å²) in [6.07, 6.45) is 4.25. The lowest BCUT2D eigenvalue weighted by Gasteiger charge is -2.31. The van der Waals surface area contributed by atoms with Crippen molar-refractivity contribution in [1.82, 2.24) is 9.29 Å². The lowest BCUT2D eigenvalue weighted by atomic mass is 10.1. The van der Waals surface area contributed by atoms with Gasteiger partial charge < -0.3 is 15.0 Å². The number of nitrogens with one attached hydrogen (secondary N) is 1. The van der Waals surface area contributed by atoms with Gasteiger partial charge in [-0.15, -0.1) is 0 Å². The largest absolute Gasteiger partial charge is 0.378 e. The molecule has 2 aliphatic heterocycles. The molecule has 3 heterocycles. The van der Waals surface area contributed by atoms with Gasteiger partial charge in [0.05, 0.1) is 29.4 Å². The Hall–Kier alpha value is -2.20. The van der Waals surface area contributed by atoms with Crippen LogP contribution in [-0.2, 0) is 14.8 Å². The molecule has 0 saturated carbocycles. The first kappa shape index (κ1) is 22.0. The molecule has 4 rings (SSSR count). The number of nitrogens with zero attached hydrogens (tertiary/aromatic N) is 3. The zero-order valence-corrected chi connectivity index (χ0v) is 18.7. The minimum atomic E-state index is -3.67. The summed E-state index contributed by atoms with van der Waals surface area (Å²) in [7, 11) is -3.67. The molecule has 2 saturated heterocycles. The van der Waals surface area contributed by atoms with Gasteiger partial charge in [0.2, 0.25) is 10.0 Å². The number of carbonyl (C=O) groups is 1. The summed E-state index contributed by atoms with van der Waals surface area (Å²) in [5.41, 5.74) is 1.31. The van der Waals surface area contributed by atoms with E-state index >= 15 is 0 Å². The molecule has 0 spiro atoms. The van der Waals surface area contributed by atoms with E-state index in [1.54, 1.807) is 24.3 Å². The van der Waals surface area contributed by atoms with Gasteiger partial charge in [0.25, 0.3) is 5.91 Å². The maximum Gasteiger partial charge on any atom is 0.257 e. The monoisotopic (exact) mass is 464 g/mol. The minimum absolute atomic E-state index is 0.119. The Labute approximate surface area is 187 Å². The van der Waals surface area contributed by atoms with Gasteiger partial charge in [-0.1, -0.05) is 18.0 Å². The van der Waals surface area contributed by atoms with Crippen molar-refractivity contribution in [2.24, 2.45) is 0 Å². The van der Waals surface area contributed by atoms with Crippen molar-refractivity contribution >= 4 is 38.9 Å². The number of ether oxygens (including phenoxy) is 1. The molecule has 2 fully saturated rings. The number of pyridine rings is 1. The van der Waals surface area contributed by atoms with E-state index in [4.69, 9.17) is 16.3 Å². The number of piperidine rings is 1. The number of sulfonamides is 1. The predicted octanol–water partition coefficient (Wildman–Crippen LogP) is 3.00. The molecule has 1 aromatic carbocycles. The van der Waals surface area contributed by atoms with Crippen molar-refractivity contribution in [1.29, 1.82) is 0 Å². The van der Waals surface area contributed by atoms with E-state index in [-0.39, 0.29) is 15.6 Å². The molecule has 10 heteroatoms. The summed E-state index contributed by atoms with van der Waals surface area (Å²) >= 11 is 6.09. The molecule has 1 N–H and O–H groups in total. The van der Waals surface area contributed by atoms with Crippen molar-refractivity contribution in [3.05, 3.63) is 47.2 Å². The molecule has 0 bridgehead atoms. The second-order valence-corrected chi connectivity index (χ2v) is 9.83. The number of amides is 1. The van der Waals surface area contributed by atoms with E-state index in [9.17, 15) is 13.2 Å². The van der Waals surface area contributed by atoms with Crippen molar-refractivity contribution < 1.29 is 17.9 Å². The zero-order chi connectivity index (χ0) is 21.8. The molecule has 2 aliphatic rings. The number of hydrogen-bond acceptors (Lipinski definition) is 6. The maximum absolute atomic E-state index is 13.2. The van der Waals surface area contributed by atoms with Gasteiger partial charge >= 0.3 is 0 Å². The summed E-state index contributed by atoms with van der Waals surface area (Å²) in [4.78, 5) is 19.3. The molecule has 0 atom stereocenters. The molecule has 8 nitrogen and oxygen atoms in total. The summed E-state index contributed by atoms with van der Waals surface area (Å²) in [5.74, 6) is -0.438. The first-order valence-corrected chi connectivity index (χ1v) is 12.2. The quantitative estimate of drug-likeness (QED) is 0.684. The van der Waals surface area contributed by atoms with E-state index < -0.39 is 15.9 Å². The number of hydrogen-bond donors (Lipinski definition) is 1. The van der Waals surface area contributed by atoms with Crippen molar-refractivity contribution in [3.8, 4) is 0 Å². The summed E-state index contributed by atoms with van der Waals surface area (Å²) in [5, 5.41) is 2.93. The molecular formula is C21H25ClN4O4S. The lowest BCUT2D eigenvalue weighted by molar-refractivity contribution is 0.102. The molecule has 1 aromatic heterocycles. The van der Waals surface area contributed by atoms with Crippen LogP contribution in [0.3, 0.4) is 0 Å². The second-order valence-electron chi connectivity index (χ2n) is 7.54. The number of rotatable bonds is 5. The first-order valence-electron chi connectivity index (χ1n) is 10.4. The van der Waals surface area contributed by atoms with E-state index in [0.29, 0.717) is 50.8 Å². The van der Waals surface area contributed by atoms with Gasteiger partial charge in [0.1, 0.15) is 0 Å². The minimum Gasteiger partial charge on any atom is -0.378 e. The van der Waals surface area contributed by atoms with Crippen LogP contribution in [0.2, 0.25) is 5.15 Å². The van der Waals surface area contributed by atoms with E-state index in [1.165, 1.54) is 16.6 Å². The Morgan fingerprint density at radius 3 is 2.52 bits per heavy atom. The highest BCUT2D eigenvalue weighted by molar-refractivity contribution is 7.89. The first-order chi connectivity index (χ1) is 15.0. The van der Waals surface area contributed by atoms with Gasteiger partial charge in [0.15, 0.2) is 5.15 Å². The molecule has 0 aliphatic carbocycles. The Morgan fingerprint density at radius 1 is 1.06 bits per heavy atom. The van der Waals surface area contributed by atoms with Gasteiger partial charge in [-0.2, -0.15) is 4.31 Å². The van der Waals surface area contributed by atoms with Gasteiger partial charge in [-0.3, -0.25) is 4.79 Å². The Bertz CT molecular complexity index is 1050. The lowest BCUT2D eigenvalue weighted by Crippen LogP contribution is -2.38. The summed E-state index contributed by atoms with van der Waals surface area (Å²) < 4.78 is 33.3. The van der Waals surface area contributed by atoms with Crippen LogP contribution in [0.5, 0.6) is 0 Å². The van der Waals surface area contributed by atoms with Crippen LogP contribution in [-0.4, -0.2) is 63.0 Å². The average Bonchev–Trinajstić information content (AvgIpc) is 2.81. The smallest absolute Gasteiger partial charge is 0.257 e. The van der Waals surface area contributed by atoms with Crippen LogP contribution in [0.4, 0.5) is 11.4 Å². The van der Waals surface area contributed by atoms with E-state index in [0.717, 1.165) is 19.3 Å². The summed E-state index contributed by atoms with van der Waals surface area (Å²) in [6, 6.07) is 8.08. The van der Waals surface area contributed by atoms with Crippen molar-refractivity contribution in [2.75, 3.05) is 49.6 Å². The van der Waals surface area contributed by atoms with Gasteiger partial charge in [-0.25, -0.2) is 13.4 Å². The maximum atomic E-state index is 13.2. The second kappa shape index (κ2) is 9.52. The number of halogens is 1. The fourth-order valence-electron chi connectivity index (χ4n) is 3.86. The van der Waals surface area contributed by atoms with Crippen LogP contribution in [0.1, 0.15) is 29.6 Å². The topological polar surface area (TPSA) is 91.8 Å². The normalized spacial score (nSPS) is 18.0. The molecule has 1 amide bonds. The predicted molar refractivity (Wildman–Crippen MR) is 119 cm³/mol.